The molecule has 1 heterocycles. The van der Waals surface area contributed by atoms with E-state index in [0.717, 1.165) is 10.2 Å². The van der Waals surface area contributed by atoms with Gasteiger partial charge in [0.25, 0.3) is 10.0 Å². The van der Waals surface area contributed by atoms with Crippen molar-refractivity contribution in [2.24, 2.45) is 0 Å². The maximum absolute atomic E-state index is 14.0. The van der Waals surface area contributed by atoms with Gasteiger partial charge in [-0.15, -0.1) is 0 Å². The Balaban J connectivity index is 2.23. The van der Waals surface area contributed by atoms with E-state index >= 15 is 0 Å². The van der Waals surface area contributed by atoms with Crippen molar-refractivity contribution in [1.82, 2.24) is 8.69 Å². The van der Waals surface area contributed by atoms with Gasteiger partial charge in [-0.3, -0.25) is 0 Å². The average Bonchev–Trinajstić information content (AvgIpc) is 3.05. The number of hydrogen-bond acceptors (Lipinski definition) is 3. The molecule has 30 heavy (non-hydrogen) atoms. The second kappa shape index (κ2) is 7.82. The van der Waals surface area contributed by atoms with E-state index in [4.69, 9.17) is 0 Å². The third kappa shape index (κ3) is 4.30. The van der Waals surface area contributed by atoms with Crippen LogP contribution in [0.1, 0.15) is 32.4 Å². The average molecular weight is 459 g/mol. The fraction of sp³-hybridized carbons (Fsp3) is 0.300. The molecule has 0 aliphatic heterocycles. The summed E-state index contributed by atoms with van der Waals surface area (Å²) in [7, 11) is -6.17. The summed E-state index contributed by atoms with van der Waals surface area (Å²) in [6, 6.07) is 11.1. The van der Waals surface area contributed by atoms with Crippen LogP contribution in [0.2, 0.25) is 0 Å². The van der Waals surface area contributed by atoms with E-state index in [9.17, 15) is 25.8 Å². The number of halogens is 3. The van der Waals surface area contributed by atoms with Crippen molar-refractivity contribution in [3.8, 4) is 0 Å². The van der Waals surface area contributed by atoms with Crippen LogP contribution in [0.3, 0.4) is 0 Å². The van der Waals surface area contributed by atoms with Gasteiger partial charge in [-0.1, -0.05) is 36.4 Å². The van der Waals surface area contributed by atoms with Gasteiger partial charge in [-0.2, -0.15) is 13.2 Å². The quantitative estimate of drug-likeness (QED) is 0.611. The molecule has 0 radical (unpaired) electrons. The Morgan fingerprint density at radius 1 is 0.967 bits per heavy atom. The molecule has 0 spiro atoms. The van der Waals surface area contributed by atoms with E-state index in [1.807, 2.05) is 0 Å². The number of aromatic nitrogens is 1. The Kier molecular flexibility index (Phi) is 5.87. The second-order valence-electron chi connectivity index (χ2n) is 7.69. The lowest BCUT2D eigenvalue weighted by atomic mass is 10.1. The van der Waals surface area contributed by atoms with E-state index in [0.29, 0.717) is 0 Å². The first-order chi connectivity index (χ1) is 13.8. The zero-order chi connectivity index (χ0) is 22.3. The highest BCUT2D eigenvalue weighted by atomic mass is 32.2. The summed E-state index contributed by atoms with van der Waals surface area (Å²) in [5.41, 5.74) is -0.204. The molecule has 2 atom stereocenters. The minimum Gasteiger partial charge on any atom is -0.242 e. The fourth-order valence-corrected chi connectivity index (χ4v) is 5.13. The molecule has 2 aromatic carbocycles. The van der Waals surface area contributed by atoms with Gasteiger partial charge < -0.3 is 0 Å². The van der Waals surface area contributed by atoms with Gasteiger partial charge in [0, 0.05) is 17.1 Å². The summed E-state index contributed by atoms with van der Waals surface area (Å²) in [4.78, 5) is -0.0490. The van der Waals surface area contributed by atoms with Crippen LogP contribution in [-0.2, 0) is 21.0 Å². The summed E-state index contributed by atoms with van der Waals surface area (Å²) in [5, 5.41) is 0.109. The zero-order valence-corrected chi connectivity index (χ0v) is 18.1. The molecule has 5 nitrogen and oxygen atoms in total. The molecule has 0 fully saturated rings. The van der Waals surface area contributed by atoms with Gasteiger partial charge in [0.15, 0.2) is 0 Å². The summed E-state index contributed by atoms with van der Waals surface area (Å²) < 4.78 is 82.6. The summed E-state index contributed by atoms with van der Waals surface area (Å²) in [5.74, 6) is 0. The number of fused-ring (bicyclic) bond motifs is 1. The van der Waals surface area contributed by atoms with Gasteiger partial charge in [0.05, 0.1) is 26.1 Å². The minimum absolute atomic E-state index is 0.0490. The number of para-hydroxylation sites is 1. The topological polar surface area (TPSA) is 68.2 Å². The minimum atomic E-state index is -4.80. The molecule has 3 aromatic rings. The lowest BCUT2D eigenvalue weighted by Gasteiger charge is -2.25. The molecule has 0 aliphatic carbocycles. The Morgan fingerprint density at radius 3 is 2.10 bits per heavy atom. The van der Waals surface area contributed by atoms with E-state index in [-0.39, 0.29) is 21.4 Å². The van der Waals surface area contributed by atoms with E-state index in [1.54, 1.807) is 32.9 Å². The SMILES string of the molecule is CC(C)(C)S(=O)N[C@@H](c1cn(S(=O)(=O)c2ccccc2)c2ccccc12)C(F)(F)F. The Morgan fingerprint density at radius 2 is 1.53 bits per heavy atom. The maximum atomic E-state index is 14.0. The molecular formula is C20H21F3N2O3S2. The lowest BCUT2D eigenvalue weighted by molar-refractivity contribution is -0.152. The van der Waals surface area contributed by atoms with Crippen molar-refractivity contribution in [2.75, 3.05) is 0 Å². The number of nitrogens with one attached hydrogen (secondary N) is 1. The molecular weight excluding hydrogens is 437 g/mol. The van der Waals surface area contributed by atoms with E-state index in [2.05, 4.69) is 4.72 Å². The Bertz CT molecular complexity index is 1180. The van der Waals surface area contributed by atoms with Crippen molar-refractivity contribution >= 4 is 31.9 Å². The van der Waals surface area contributed by atoms with Gasteiger partial charge >= 0.3 is 6.18 Å². The van der Waals surface area contributed by atoms with Crippen LogP contribution in [0.5, 0.6) is 0 Å². The number of benzene rings is 2. The van der Waals surface area contributed by atoms with Crippen LogP contribution in [0.25, 0.3) is 10.9 Å². The van der Waals surface area contributed by atoms with Crippen molar-refractivity contribution in [1.29, 1.82) is 0 Å². The molecule has 0 saturated carbocycles. The number of alkyl halides is 3. The van der Waals surface area contributed by atoms with Crippen LogP contribution in [-0.4, -0.2) is 27.5 Å². The van der Waals surface area contributed by atoms with E-state index < -0.39 is 38.0 Å². The number of hydrogen-bond donors (Lipinski definition) is 1. The number of nitrogens with zero attached hydrogens (tertiary/aromatic N) is 1. The normalized spacial score (nSPS) is 15.3. The molecule has 0 aliphatic rings. The first-order valence-electron chi connectivity index (χ1n) is 8.99. The highest BCUT2D eigenvalue weighted by Crippen LogP contribution is 2.39. The van der Waals surface area contributed by atoms with Gasteiger partial charge in [-0.05, 0) is 39.0 Å². The van der Waals surface area contributed by atoms with Crippen LogP contribution < -0.4 is 4.72 Å². The molecule has 10 heteroatoms. The second-order valence-corrected chi connectivity index (χ2v) is 11.5. The Hall–Kier alpha value is -2.17. The predicted octanol–water partition coefficient (Wildman–Crippen LogP) is 4.53. The van der Waals surface area contributed by atoms with Crippen molar-refractivity contribution in [3.05, 3.63) is 66.4 Å². The zero-order valence-electron chi connectivity index (χ0n) is 16.5. The first-order valence-corrected chi connectivity index (χ1v) is 11.6. The monoisotopic (exact) mass is 458 g/mol. The Labute approximate surface area is 175 Å². The van der Waals surface area contributed by atoms with Crippen LogP contribution in [0.4, 0.5) is 13.2 Å². The maximum Gasteiger partial charge on any atom is 0.408 e. The predicted molar refractivity (Wildman–Crippen MR) is 111 cm³/mol. The molecule has 3 rings (SSSR count). The first kappa shape index (κ1) is 22.5. The third-order valence-corrected chi connectivity index (χ3v) is 7.68. The van der Waals surface area contributed by atoms with Gasteiger partial charge in [0.2, 0.25) is 0 Å². The van der Waals surface area contributed by atoms with E-state index in [1.165, 1.54) is 42.5 Å². The highest BCUT2D eigenvalue weighted by Gasteiger charge is 2.45. The number of rotatable bonds is 5. The molecule has 0 amide bonds. The van der Waals surface area contributed by atoms with Crippen molar-refractivity contribution in [2.45, 2.75) is 42.6 Å². The van der Waals surface area contributed by atoms with Crippen molar-refractivity contribution < 1.29 is 25.8 Å². The molecule has 0 bridgehead atoms. The van der Waals surface area contributed by atoms with Crippen LogP contribution in [0, 0.1) is 0 Å². The lowest BCUT2D eigenvalue weighted by Crippen LogP contribution is -2.41. The molecule has 1 unspecified atom stereocenters. The van der Waals surface area contributed by atoms with Gasteiger partial charge in [0.1, 0.15) is 6.04 Å². The third-order valence-electron chi connectivity index (χ3n) is 4.43. The molecule has 162 valence electrons. The summed E-state index contributed by atoms with van der Waals surface area (Å²) >= 11 is 0. The molecule has 1 aromatic heterocycles. The van der Waals surface area contributed by atoms with Gasteiger partial charge in [-0.25, -0.2) is 21.3 Å². The fourth-order valence-electron chi connectivity index (χ4n) is 2.90. The van der Waals surface area contributed by atoms with Crippen LogP contribution in [0.15, 0.2) is 65.7 Å². The summed E-state index contributed by atoms with van der Waals surface area (Å²) in [6.07, 6.45) is -3.84. The smallest absolute Gasteiger partial charge is 0.242 e. The van der Waals surface area contributed by atoms with Crippen molar-refractivity contribution in [3.63, 3.8) is 0 Å². The van der Waals surface area contributed by atoms with Crippen LogP contribution >= 0.6 is 0 Å². The molecule has 0 saturated heterocycles. The highest BCUT2D eigenvalue weighted by molar-refractivity contribution is 7.90. The largest absolute Gasteiger partial charge is 0.408 e. The molecule has 1 N–H and O–H groups in total. The summed E-state index contributed by atoms with van der Waals surface area (Å²) in [6.45, 7) is 4.64. The standard InChI is InChI=1S/C20H21F3N2O3S2/c1-19(2,3)29(26)24-18(20(21,22)23)16-13-25(17-12-8-7-11-15(16)17)30(27,28)14-9-5-4-6-10-14/h4-13,18,24H,1-3H3/t18-,29?/m0/s1.